The minimum absolute atomic E-state index is 0.0252. The standard InChI is InChI=1S/C12H15BrN2O5/c1-4-5-6-20-9-8(12(16)19-3)7(2)10(13)14-11(9)15(17)18/h4-6H2,1-3H3. The third-order valence-corrected chi connectivity index (χ3v) is 3.40. The van der Waals surface area contributed by atoms with Gasteiger partial charge in [-0.05, 0) is 23.3 Å². The van der Waals surface area contributed by atoms with E-state index in [1.54, 1.807) is 6.92 Å². The highest BCUT2D eigenvalue weighted by atomic mass is 79.9. The second kappa shape index (κ2) is 7.18. The molecule has 0 atom stereocenters. The summed E-state index contributed by atoms with van der Waals surface area (Å²) < 4.78 is 10.3. The quantitative estimate of drug-likeness (QED) is 0.258. The first kappa shape index (κ1) is 16.4. The maximum absolute atomic E-state index is 11.8. The van der Waals surface area contributed by atoms with E-state index < -0.39 is 16.7 Å². The van der Waals surface area contributed by atoms with Crippen molar-refractivity contribution in [2.24, 2.45) is 0 Å². The fourth-order valence-electron chi connectivity index (χ4n) is 1.54. The number of halogens is 1. The number of nitro groups is 1. The number of rotatable bonds is 6. The fourth-order valence-corrected chi connectivity index (χ4v) is 1.91. The van der Waals surface area contributed by atoms with Crippen LogP contribution in [-0.2, 0) is 4.74 Å². The molecule has 0 aromatic carbocycles. The van der Waals surface area contributed by atoms with Gasteiger partial charge in [0.15, 0.2) is 0 Å². The van der Waals surface area contributed by atoms with E-state index in [2.05, 4.69) is 25.7 Å². The summed E-state index contributed by atoms with van der Waals surface area (Å²) in [6.45, 7) is 3.84. The smallest absolute Gasteiger partial charge is 0.408 e. The number of carbonyl (C=O) groups is 1. The van der Waals surface area contributed by atoms with Crippen LogP contribution in [0.1, 0.15) is 35.7 Å². The van der Waals surface area contributed by atoms with Crippen molar-refractivity contribution in [2.75, 3.05) is 13.7 Å². The number of ether oxygens (including phenoxy) is 2. The van der Waals surface area contributed by atoms with E-state index in [1.165, 1.54) is 7.11 Å². The number of carbonyl (C=O) groups excluding carboxylic acids is 1. The van der Waals surface area contributed by atoms with Gasteiger partial charge < -0.3 is 19.6 Å². The van der Waals surface area contributed by atoms with Crippen molar-refractivity contribution in [1.29, 1.82) is 0 Å². The predicted octanol–water partition coefficient (Wildman–Crippen LogP) is 3.03. The maximum atomic E-state index is 11.8. The number of hydrogen-bond donors (Lipinski definition) is 0. The molecule has 0 aliphatic carbocycles. The minimum Gasteiger partial charge on any atom is -0.485 e. The normalized spacial score (nSPS) is 10.2. The van der Waals surface area contributed by atoms with Gasteiger partial charge in [0, 0.05) is 21.5 Å². The summed E-state index contributed by atoms with van der Waals surface area (Å²) in [7, 11) is 1.21. The zero-order chi connectivity index (χ0) is 15.3. The van der Waals surface area contributed by atoms with E-state index in [9.17, 15) is 14.9 Å². The van der Waals surface area contributed by atoms with Gasteiger partial charge in [0.2, 0.25) is 10.4 Å². The molecule has 20 heavy (non-hydrogen) atoms. The lowest BCUT2D eigenvalue weighted by Crippen LogP contribution is -2.12. The topological polar surface area (TPSA) is 91.6 Å². The Hall–Kier alpha value is -1.70. The molecule has 8 heteroatoms. The van der Waals surface area contributed by atoms with Crippen LogP contribution in [0, 0.1) is 17.0 Å². The molecule has 0 amide bonds. The van der Waals surface area contributed by atoms with Crippen molar-refractivity contribution >= 4 is 27.7 Å². The van der Waals surface area contributed by atoms with Crippen LogP contribution >= 0.6 is 15.9 Å². The molecule has 1 aromatic rings. The van der Waals surface area contributed by atoms with E-state index in [-0.39, 0.29) is 22.5 Å². The van der Waals surface area contributed by atoms with E-state index in [4.69, 9.17) is 4.74 Å². The Morgan fingerprint density at radius 3 is 2.65 bits per heavy atom. The zero-order valence-corrected chi connectivity index (χ0v) is 13.0. The molecule has 1 rings (SSSR count). The second-order valence-corrected chi connectivity index (χ2v) is 4.76. The van der Waals surface area contributed by atoms with E-state index in [0.29, 0.717) is 12.0 Å². The van der Waals surface area contributed by atoms with Crippen LogP contribution < -0.4 is 4.74 Å². The van der Waals surface area contributed by atoms with Gasteiger partial charge >= 0.3 is 11.8 Å². The van der Waals surface area contributed by atoms with Gasteiger partial charge in [0.1, 0.15) is 5.56 Å². The summed E-state index contributed by atoms with van der Waals surface area (Å²) in [5.74, 6) is -1.34. The van der Waals surface area contributed by atoms with Crippen LogP contribution in [0.25, 0.3) is 0 Å². The van der Waals surface area contributed by atoms with Crippen molar-refractivity contribution < 1.29 is 19.2 Å². The van der Waals surface area contributed by atoms with Gasteiger partial charge in [-0.25, -0.2) is 4.79 Å². The maximum Gasteiger partial charge on any atom is 0.408 e. The van der Waals surface area contributed by atoms with Gasteiger partial charge in [-0.15, -0.1) is 0 Å². The monoisotopic (exact) mass is 346 g/mol. The molecular weight excluding hydrogens is 332 g/mol. The Kier molecular flexibility index (Phi) is 5.87. The zero-order valence-electron chi connectivity index (χ0n) is 11.4. The third-order valence-electron chi connectivity index (χ3n) is 2.63. The van der Waals surface area contributed by atoms with Crippen molar-refractivity contribution in [3.8, 4) is 5.75 Å². The highest BCUT2D eigenvalue weighted by Gasteiger charge is 2.31. The highest BCUT2D eigenvalue weighted by molar-refractivity contribution is 9.10. The van der Waals surface area contributed by atoms with Gasteiger partial charge in [-0.1, -0.05) is 13.3 Å². The molecule has 0 saturated heterocycles. The average Bonchev–Trinajstić information content (AvgIpc) is 2.41. The Bertz CT molecular complexity index is 533. The number of pyridine rings is 1. The number of methoxy groups -OCH3 is 1. The van der Waals surface area contributed by atoms with E-state index >= 15 is 0 Å². The van der Waals surface area contributed by atoms with Gasteiger partial charge in [0.05, 0.1) is 13.7 Å². The summed E-state index contributed by atoms with van der Waals surface area (Å²) in [6.07, 6.45) is 1.58. The predicted molar refractivity (Wildman–Crippen MR) is 75.1 cm³/mol. The largest absolute Gasteiger partial charge is 0.485 e. The summed E-state index contributed by atoms with van der Waals surface area (Å²) in [4.78, 5) is 26.0. The molecule has 0 aliphatic rings. The first-order valence-corrected chi connectivity index (χ1v) is 6.78. The Morgan fingerprint density at radius 2 is 2.15 bits per heavy atom. The van der Waals surface area contributed by atoms with Crippen LogP contribution in [0.15, 0.2) is 4.60 Å². The summed E-state index contributed by atoms with van der Waals surface area (Å²) in [5.41, 5.74) is 0.464. The van der Waals surface area contributed by atoms with Crippen molar-refractivity contribution in [3.05, 3.63) is 25.8 Å². The molecule has 0 spiro atoms. The summed E-state index contributed by atoms with van der Waals surface area (Å²) in [5, 5.41) is 11.1. The molecule has 0 bridgehead atoms. The second-order valence-electron chi connectivity index (χ2n) is 4.01. The van der Waals surface area contributed by atoms with Gasteiger partial charge in [0.25, 0.3) is 0 Å². The van der Waals surface area contributed by atoms with Crippen molar-refractivity contribution in [2.45, 2.75) is 26.7 Å². The lowest BCUT2D eigenvalue weighted by atomic mass is 10.1. The van der Waals surface area contributed by atoms with Crippen LogP contribution in [0.5, 0.6) is 5.75 Å². The molecular formula is C12H15BrN2O5. The number of nitrogens with zero attached hydrogens (tertiary/aromatic N) is 2. The molecule has 1 aromatic heterocycles. The van der Waals surface area contributed by atoms with Crippen LogP contribution in [0.2, 0.25) is 0 Å². The van der Waals surface area contributed by atoms with Crippen LogP contribution in [0.3, 0.4) is 0 Å². The van der Waals surface area contributed by atoms with Crippen molar-refractivity contribution in [3.63, 3.8) is 0 Å². The molecule has 0 radical (unpaired) electrons. The fraction of sp³-hybridized carbons (Fsp3) is 0.500. The first-order valence-electron chi connectivity index (χ1n) is 5.99. The number of esters is 1. The van der Waals surface area contributed by atoms with Crippen LogP contribution in [-0.4, -0.2) is 29.6 Å². The summed E-state index contributed by atoms with van der Waals surface area (Å²) in [6, 6.07) is 0. The average molecular weight is 347 g/mol. The molecule has 1 heterocycles. The minimum atomic E-state index is -0.694. The molecule has 0 saturated carbocycles. The first-order chi connectivity index (χ1) is 9.43. The lowest BCUT2D eigenvalue weighted by molar-refractivity contribution is -0.390. The molecule has 0 aliphatic heterocycles. The van der Waals surface area contributed by atoms with Crippen LogP contribution in [0.4, 0.5) is 5.82 Å². The Balaban J connectivity index is 3.42. The molecule has 0 N–H and O–H groups in total. The SMILES string of the molecule is CCCCOc1c([N+](=O)[O-])nc(Br)c(C)c1C(=O)OC. The Labute approximate surface area is 124 Å². The highest BCUT2D eigenvalue weighted by Crippen LogP contribution is 2.35. The molecule has 0 unspecified atom stereocenters. The summed E-state index contributed by atoms with van der Waals surface area (Å²) >= 11 is 3.10. The molecule has 110 valence electrons. The van der Waals surface area contributed by atoms with E-state index in [1.807, 2.05) is 6.92 Å². The van der Waals surface area contributed by atoms with Gasteiger partial charge in [-0.2, -0.15) is 0 Å². The number of hydrogen-bond acceptors (Lipinski definition) is 6. The van der Waals surface area contributed by atoms with Gasteiger partial charge in [-0.3, -0.25) is 0 Å². The third kappa shape index (κ3) is 3.44. The lowest BCUT2D eigenvalue weighted by Gasteiger charge is -2.12. The van der Waals surface area contributed by atoms with E-state index in [0.717, 1.165) is 6.42 Å². The number of aromatic nitrogens is 1. The number of unbranched alkanes of at least 4 members (excludes halogenated alkanes) is 1. The van der Waals surface area contributed by atoms with Crippen molar-refractivity contribution in [1.82, 2.24) is 4.98 Å². The molecule has 7 nitrogen and oxygen atoms in total. The molecule has 0 fully saturated rings. The Morgan fingerprint density at radius 1 is 1.50 bits per heavy atom.